The summed E-state index contributed by atoms with van der Waals surface area (Å²) in [5.74, 6) is 3.50. The molecule has 0 amide bonds. The Hall–Kier alpha value is -6.02. The number of nitriles is 2. The van der Waals surface area contributed by atoms with Crippen molar-refractivity contribution in [2.24, 2.45) is 11.1 Å². The van der Waals surface area contributed by atoms with Crippen molar-refractivity contribution in [3.8, 4) is 12.1 Å². The fourth-order valence-corrected chi connectivity index (χ4v) is 9.97. The van der Waals surface area contributed by atoms with E-state index in [2.05, 4.69) is 201 Å². The standard InChI is InChI=1S/C9H5Br3N2.C9H6BrN3O.C9H4BrN3.C9H5BrN2O.C9H7BrN2.C9H8N2.C2H3N.CCl4.Ag.ClH.HNO3.H3NO.H2O4S.H2O/c10-7-2-1-5(9(11)12)8-6(7)3-13-4-14-8;10-8-2-1-6(3-13-14)9-7(8)4-11-5-12-9;10-8-2-1-6(3-11)9-7(8)4-12-5-13-9;10-8-2-1-6(4-13)9-7(8)3-11-5-12-9;1-6-2-3-8(10)7-4-11-5-12-9(6)7;1-7-3-2-4-8-5-10-6-11-9(7)8;1-2-3;2-1(3,4)5;;;2-1(3)4;1-2;1-5(2,3)4;/h1-4,9H;1-5,14H;1-2,4-5H;1-5H;2-5H,1H3;2-6H,1H3;1H3;;;1H;(H,2,3,4);2H,1H2;(H2,1,2,3,4);1H2/b;13-3+;;;;;;;;;;;;. The summed E-state index contributed by atoms with van der Waals surface area (Å²) in [7, 11) is -4.67. The monoisotopic (exact) mass is 2010 g/mol. The fourth-order valence-electron chi connectivity index (χ4n) is 7.12. The number of alkyl halides is 6. The molecule has 12 rings (SSSR count). The van der Waals surface area contributed by atoms with E-state index in [1.54, 1.807) is 62.0 Å². The third kappa shape index (κ3) is 34.9. The van der Waals surface area contributed by atoms with Gasteiger partial charge in [0.1, 0.15) is 44.0 Å². The average Bonchev–Trinajstić information content (AvgIpc) is 0.873. The molecule has 0 atom stereocenters. The molecule has 0 aliphatic carbocycles. The quantitative estimate of drug-likeness (QED) is 0.0140. The predicted octanol–water partition coefficient (Wildman–Crippen LogP) is 16.5. The van der Waals surface area contributed by atoms with E-state index in [9.17, 15) is 4.79 Å². The number of carbonyl (C=O) groups is 1. The minimum atomic E-state index is -4.67. The third-order valence-corrected chi connectivity index (χ3v) is 15.3. The number of aromatic nitrogens is 12. The number of carbonyl (C=O) groups excluding carboxylic acids is 1. The van der Waals surface area contributed by atoms with Crippen molar-refractivity contribution in [1.82, 2.24) is 59.8 Å². The van der Waals surface area contributed by atoms with Crippen molar-refractivity contribution in [1.29, 1.82) is 10.5 Å². The molecule has 99 heavy (non-hydrogen) atoms. The molecular weight excluding hydrogens is 1980 g/mol. The first-order valence-corrected chi connectivity index (χ1v) is 33.9. The smallest absolute Gasteiger partial charge is 0.394 e. The minimum absolute atomic E-state index is 0. The summed E-state index contributed by atoms with van der Waals surface area (Å²) in [4.78, 5) is 67.5. The van der Waals surface area contributed by atoms with Crippen molar-refractivity contribution >= 4 is 259 Å². The zero-order valence-electron chi connectivity index (χ0n) is 50.0. The van der Waals surface area contributed by atoms with Gasteiger partial charge in [-0.15, -0.1) is 22.5 Å². The number of aldehydes is 1. The Labute approximate surface area is 663 Å². The molecule has 527 valence electrons. The number of aryl methyl sites for hydroxylation is 2. The van der Waals surface area contributed by atoms with E-state index in [4.69, 9.17) is 100 Å². The zero-order valence-corrected chi connectivity index (χ0v) is 67.2. The second-order valence-electron chi connectivity index (χ2n) is 16.9. The Morgan fingerprint density at radius 3 is 1.29 bits per heavy atom. The van der Waals surface area contributed by atoms with Gasteiger partial charge in [-0.05, 0) is 73.5 Å². The average molecular weight is 2020 g/mol. The number of halogens is 12. The second kappa shape index (κ2) is 50.3. The van der Waals surface area contributed by atoms with Crippen LogP contribution >= 0.6 is 170 Å². The van der Waals surface area contributed by atoms with Crippen LogP contribution in [0.25, 0.3) is 65.4 Å². The first-order chi connectivity index (χ1) is 45.5. The molecular formula is C57H47AgBr7Cl5N17O11S. The molecule has 42 heteroatoms. The van der Waals surface area contributed by atoms with Crippen LogP contribution in [0, 0.1) is 46.6 Å². The van der Waals surface area contributed by atoms with Gasteiger partial charge in [-0.3, -0.25) is 13.9 Å². The van der Waals surface area contributed by atoms with Crippen molar-refractivity contribution in [2.75, 3.05) is 0 Å². The molecule has 0 unspecified atom stereocenters. The molecule has 0 spiro atoms. The van der Waals surface area contributed by atoms with Crippen LogP contribution in [-0.4, -0.2) is 119 Å². The normalized spacial score (nSPS) is 9.79. The number of fused-ring (bicyclic) bond motifs is 6. The van der Waals surface area contributed by atoms with E-state index in [-0.39, 0.29) is 44.0 Å². The van der Waals surface area contributed by atoms with Gasteiger partial charge in [0.25, 0.3) is 8.34 Å². The maximum Gasteiger partial charge on any atom is 0.394 e. The Morgan fingerprint density at radius 1 is 0.586 bits per heavy atom. The number of para-hydroxylation sites is 1. The third-order valence-electron chi connectivity index (χ3n) is 10.8. The van der Waals surface area contributed by atoms with Gasteiger partial charge in [-0.2, -0.15) is 18.9 Å². The predicted molar refractivity (Wildman–Crippen MR) is 403 cm³/mol. The number of rotatable bonds is 3. The topological polar surface area (TPSA) is 468 Å². The van der Waals surface area contributed by atoms with Crippen molar-refractivity contribution in [3.63, 3.8) is 0 Å². The Bertz CT molecular complexity index is 4720. The second-order valence-corrected chi connectivity index (χ2v) is 28.6. The van der Waals surface area contributed by atoms with Gasteiger partial charge in [-0.1, -0.05) is 193 Å². The van der Waals surface area contributed by atoms with Crippen LogP contribution in [0.5, 0.6) is 0 Å². The molecule has 0 aliphatic rings. The summed E-state index contributed by atoms with van der Waals surface area (Å²) >= 11 is 43.3. The van der Waals surface area contributed by atoms with Gasteiger partial charge in [0.2, 0.25) is 0 Å². The maximum atomic E-state index is 10.7. The van der Waals surface area contributed by atoms with E-state index in [0.29, 0.717) is 22.2 Å². The van der Waals surface area contributed by atoms with Crippen molar-refractivity contribution < 1.29 is 70.9 Å². The Balaban J connectivity index is 0. The van der Waals surface area contributed by atoms with Crippen molar-refractivity contribution in [3.05, 3.63) is 220 Å². The summed E-state index contributed by atoms with van der Waals surface area (Å²) < 4.78 is 34.9. The first kappa shape index (κ1) is 95.0. The van der Waals surface area contributed by atoms with Crippen LogP contribution < -0.4 is 5.90 Å². The van der Waals surface area contributed by atoms with E-state index >= 15 is 0 Å². The molecule has 0 saturated heterocycles. The number of oxime groups is 1. The number of hydrogen-bond acceptors (Lipinski definition) is 23. The molecule has 6 aromatic heterocycles. The summed E-state index contributed by atoms with van der Waals surface area (Å²) in [5.41, 5.74) is 10.5. The first-order valence-electron chi connectivity index (χ1n) is 25.2. The van der Waals surface area contributed by atoms with Gasteiger partial charge in [0.05, 0.1) is 54.7 Å². The van der Waals surface area contributed by atoms with Crippen LogP contribution in [0.4, 0.5) is 0 Å². The molecule has 28 nitrogen and oxygen atoms in total. The molecule has 6 aromatic carbocycles. The van der Waals surface area contributed by atoms with Gasteiger partial charge in [-0.25, -0.2) is 65.7 Å². The van der Waals surface area contributed by atoms with E-state index in [0.717, 1.165) is 94.2 Å². The summed E-state index contributed by atoms with van der Waals surface area (Å²) in [6.45, 7) is 5.52. The Morgan fingerprint density at radius 2 is 0.899 bits per heavy atom. The minimum Gasteiger partial charge on any atom is -0.412 e. The van der Waals surface area contributed by atoms with Crippen LogP contribution in [0.1, 0.15) is 48.8 Å². The number of nitrogens with zero attached hydrogens (tertiary/aromatic N) is 16. The maximum absolute atomic E-state index is 10.7. The van der Waals surface area contributed by atoms with Crippen molar-refractivity contribution in [2.45, 2.75) is 27.8 Å². The van der Waals surface area contributed by atoms with Gasteiger partial charge >= 0.3 is 10.4 Å². The van der Waals surface area contributed by atoms with Gasteiger partial charge in [0, 0.05) is 138 Å². The number of benzene rings is 6. The van der Waals surface area contributed by atoms with Gasteiger partial charge in [0.15, 0.2) is 6.29 Å². The van der Waals surface area contributed by atoms with Crippen LogP contribution in [0.15, 0.2) is 182 Å². The molecule has 0 fully saturated rings. The van der Waals surface area contributed by atoms with E-state index in [1.165, 1.54) is 43.2 Å². The van der Waals surface area contributed by atoms with Crippen LogP contribution in [-0.2, 0) is 32.8 Å². The van der Waals surface area contributed by atoms with E-state index < -0.39 is 18.7 Å². The summed E-state index contributed by atoms with van der Waals surface area (Å²) in [5, 5.41) is 53.5. The largest absolute Gasteiger partial charge is 0.412 e. The molecule has 6 heterocycles. The van der Waals surface area contributed by atoms with Crippen LogP contribution in [0.2, 0.25) is 0 Å². The molecule has 1 radical (unpaired) electrons. The van der Waals surface area contributed by atoms with Crippen LogP contribution in [0.3, 0.4) is 0 Å². The molecule has 9 N–H and O–H groups in total. The molecule has 0 saturated carbocycles. The Kier molecular flexibility index (Phi) is 48.3. The van der Waals surface area contributed by atoms with E-state index in [1.807, 2.05) is 80.0 Å². The summed E-state index contributed by atoms with van der Waals surface area (Å²) in [6.07, 6.45) is 21.7. The SMILES string of the molecule is Brc1ccc(C(Br)Br)c2ncncc12.CC#N.Cc1ccc(Br)c2cncnc12.Cc1cccc2cncnc12.Cl.ClC(Cl)(Cl)Cl.N#Cc1ccc(Br)c2cncnc12.NO.O.O/N=C/c1ccc(Br)c2cncnc12.O=Cc1ccc(Br)c2cncnc12.O=S(=O)(O)O.O=[N+]([O-])O.[Ag]. The van der Waals surface area contributed by atoms with Gasteiger partial charge < -0.3 is 21.1 Å². The number of nitrogens with two attached hydrogens (primary N) is 1. The molecule has 12 aromatic rings. The molecule has 0 aliphatic heterocycles. The molecule has 0 bridgehead atoms. The number of hydrogen-bond donors (Lipinski definition) is 6. The summed E-state index contributed by atoms with van der Waals surface area (Å²) in [6, 6.07) is 28.8. The fraction of sp³-hybridized carbons (Fsp3) is 0.0877. The zero-order chi connectivity index (χ0) is 72.1.